The predicted molar refractivity (Wildman–Crippen MR) is 97.2 cm³/mol. The summed E-state index contributed by atoms with van der Waals surface area (Å²) in [5.74, 6) is 0.606. The number of carbonyl (C=O) groups is 1. The van der Waals surface area contributed by atoms with E-state index >= 15 is 0 Å². The summed E-state index contributed by atoms with van der Waals surface area (Å²) in [6.45, 7) is 1.04. The quantitative estimate of drug-likeness (QED) is 0.700. The average Bonchev–Trinajstić information content (AvgIpc) is 2.59. The number of nitrogens with zero attached hydrogens (tertiary/aromatic N) is 1. The number of benzene rings is 1. The predicted octanol–water partition coefficient (Wildman–Crippen LogP) is 3.59. The van der Waals surface area contributed by atoms with Gasteiger partial charge in [-0.05, 0) is 44.2 Å². The largest absolute Gasteiger partial charge is 0.305 e. The van der Waals surface area contributed by atoms with Crippen molar-refractivity contribution in [3.63, 3.8) is 0 Å². The van der Waals surface area contributed by atoms with Gasteiger partial charge in [0, 0.05) is 30.5 Å². The topological polar surface area (TPSA) is 54.5 Å². The van der Waals surface area contributed by atoms with Crippen molar-refractivity contribution in [2.45, 2.75) is 43.4 Å². The highest BCUT2D eigenvalue weighted by atomic mass is 35.5. The molecule has 0 N–H and O–H groups in total. The van der Waals surface area contributed by atoms with Crippen LogP contribution < -0.4 is 0 Å². The molecule has 0 atom stereocenters. The molecule has 0 aliphatic heterocycles. The van der Waals surface area contributed by atoms with Crippen molar-refractivity contribution in [1.29, 1.82) is 0 Å². The molecule has 1 aromatic carbocycles. The average molecular weight is 372 g/mol. The van der Waals surface area contributed by atoms with Crippen LogP contribution in [-0.4, -0.2) is 45.0 Å². The highest BCUT2D eigenvalue weighted by Crippen LogP contribution is 2.25. The number of carbonyl (C=O) groups excluding carboxylic acids is 1. The summed E-state index contributed by atoms with van der Waals surface area (Å²) in [5.41, 5.74) is 0. The fourth-order valence-corrected chi connectivity index (χ4v) is 4.54. The molecule has 0 bridgehead atoms. The molecule has 0 spiro atoms. The molecule has 0 radical (unpaired) electrons. The van der Waals surface area contributed by atoms with Crippen LogP contribution in [0.4, 0.5) is 0 Å². The van der Waals surface area contributed by atoms with E-state index in [2.05, 4.69) is 0 Å². The van der Waals surface area contributed by atoms with Gasteiger partial charge in [-0.2, -0.15) is 0 Å². The summed E-state index contributed by atoms with van der Waals surface area (Å²) < 4.78 is 24.6. The van der Waals surface area contributed by atoms with E-state index < -0.39 is 9.84 Å². The molecule has 1 aromatic rings. The lowest BCUT2D eigenvalue weighted by atomic mass is 9.85. The van der Waals surface area contributed by atoms with E-state index in [1.807, 2.05) is 11.9 Å². The van der Waals surface area contributed by atoms with Crippen molar-refractivity contribution in [1.82, 2.24) is 4.90 Å². The van der Waals surface area contributed by atoms with Crippen LogP contribution in [0, 0.1) is 5.92 Å². The van der Waals surface area contributed by atoms with Gasteiger partial charge in [0.1, 0.15) is 5.78 Å². The third-order valence-corrected chi connectivity index (χ3v) is 6.68. The smallest absolute Gasteiger partial charge is 0.179 e. The minimum absolute atomic E-state index is 0.0444. The van der Waals surface area contributed by atoms with Gasteiger partial charge >= 0.3 is 0 Å². The van der Waals surface area contributed by atoms with Crippen LogP contribution in [0.15, 0.2) is 29.2 Å². The van der Waals surface area contributed by atoms with Gasteiger partial charge in [0.05, 0.1) is 10.6 Å². The number of hydrogen-bond donors (Lipinski definition) is 0. The number of rotatable bonds is 8. The van der Waals surface area contributed by atoms with Crippen molar-refractivity contribution in [3.05, 3.63) is 29.3 Å². The van der Waals surface area contributed by atoms with Crippen LogP contribution in [-0.2, 0) is 14.6 Å². The zero-order valence-electron chi connectivity index (χ0n) is 14.2. The van der Waals surface area contributed by atoms with Gasteiger partial charge in [-0.25, -0.2) is 8.42 Å². The highest BCUT2D eigenvalue weighted by Gasteiger charge is 2.21. The molecule has 6 heteroatoms. The standard InChI is InChI=1S/C18H26ClNO3S/c1-20(12-11-18(21)15-5-3-2-4-6-15)13-14-24(22,23)17-9-7-16(19)8-10-17/h7-10,15H,2-6,11-14H2,1H3. The maximum absolute atomic E-state index is 12.3. The molecule has 1 fully saturated rings. The second kappa shape index (κ2) is 8.97. The van der Waals surface area contributed by atoms with Gasteiger partial charge in [-0.15, -0.1) is 0 Å². The molecule has 0 heterocycles. The monoisotopic (exact) mass is 371 g/mol. The molecule has 2 rings (SSSR count). The van der Waals surface area contributed by atoms with Crippen LogP contribution in [0.5, 0.6) is 0 Å². The van der Waals surface area contributed by atoms with Gasteiger partial charge in [-0.3, -0.25) is 4.79 Å². The van der Waals surface area contributed by atoms with Crippen LogP contribution >= 0.6 is 11.6 Å². The van der Waals surface area contributed by atoms with E-state index in [-0.39, 0.29) is 11.7 Å². The van der Waals surface area contributed by atoms with Crippen molar-refractivity contribution >= 4 is 27.2 Å². The number of Topliss-reactive ketones (excluding diaryl/α,β-unsaturated/α-hetero) is 1. The van der Waals surface area contributed by atoms with E-state index in [0.29, 0.717) is 35.2 Å². The Bertz CT molecular complexity index is 637. The van der Waals surface area contributed by atoms with Gasteiger partial charge in [0.25, 0.3) is 0 Å². The molecule has 1 aliphatic rings. The van der Waals surface area contributed by atoms with Crippen molar-refractivity contribution in [2.24, 2.45) is 5.92 Å². The molecule has 24 heavy (non-hydrogen) atoms. The van der Waals surface area contributed by atoms with Gasteiger partial charge < -0.3 is 4.90 Å². The van der Waals surface area contributed by atoms with E-state index in [4.69, 9.17) is 11.6 Å². The summed E-state index contributed by atoms with van der Waals surface area (Å²) in [7, 11) is -1.45. The van der Waals surface area contributed by atoms with Crippen LogP contribution in [0.2, 0.25) is 5.02 Å². The van der Waals surface area contributed by atoms with Gasteiger partial charge in [0.15, 0.2) is 9.84 Å². The van der Waals surface area contributed by atoms with Crippen molar-refractivity contribution in [3.8, 4) is 0 Å². The van der Waals surface area contributed by atoms with E-state index in [1.165, 1.54) is 18.6 Å². The van der Waals surface area contributed by atoms with Crippen molar-refractivity contribution < 1.29 is 13.2 Å². The first-order valence-corrected chi connectivity index (χ1v) is 10.6. The molecule has 0 aromatic heterocycles. The van der Waals surface area contributed by atoms with Gasteiger partial charge in [-0.1, -0.05) is 30.9 Å². The first-order valence-electron chi connectivity index (χ1n) is 8.58. The molecule has 0 unspecified atom stereocenters. The number of halogens is 1. The number of sulfone groups is 1. The normalized spacial score (nSPS) is 16.5. The molecule has 0 saturated heterocycles. The second-order valence-corrected chi connectivity index (χ2v) is 9.17. The van der Waals surface area contributed by atoms with E-state index in [1.54, 1.807) is 12.1 Å². The summed E-state index contributed by atoms with van der Waals surface area (Å²) in [6.07, 6.45) is 6.12. The Kier molecular flexibility index (Phi) is 7.26. The maximum atomic E-state index is 12.3. The second-order valence-electron chi connectivity index (χ2n) is 6.63. The third kappa shape index (κ3) is 5.87. The Labute approximate surface area is 150 Å². The first kappa shape index (κ1) is 19.4. The molecule has 0 amide bonds. The molecule has 134 valence electrons. The van der Waals surface area contributed by atoms with Crippen LogP contribution in [0.1, 0.15) is 38.5 Å². The summed E-state index contributed by atoms with van der Waals surface area (Å²) >= 11 is 5.79. The Balaban J connectivity index is 1.76. The Morgan fingerprint density at radius 3 is 2.38 bits per heavy atom. The summed E-state index contributed by atoms with van der Waals surface area (Å²) in [6, 6.07) is 6.23. The zero-order valence-corrected chi connectivity index (χ0v) is 15.8. The Hall–Kier alpha value is -0.910. The molecular formula is C18H26ClNO3S. The highest BCUT2D eigenvalue weighted by molar-refractivity contribution is 7.91. The van der Waals surface area contributed by atoms with E-state index in [9.17, 15) is 13.2 Å². The lowest BCUT2D eigenvalue weighted by molar-refractivity contribution is -0.124. The van der Waals surface area contributed by atoms with Gasteiger partial charge in [0.2, 0.25) is 0 Å². The lowest BCUT2D eigenvalue weighted by Gasteiger charge is -2.22. The number of hydrogen-bond acceptors (Lipinski definition) is 4. The Morgan fingerprint density at radius 2 is 1.75 bits per heavy atom. The lowest BCUT2D eigenvalue weighted by Crippen LogP contribution is -2.29. The molecular weight excluding hydrogens is 346 g/mol. The Morgan fingerprint density at radius 1 is 1.12 bits per heavy atom. The van der Waals surface area contributed by atoms with E-state index in [0.717, 1.165) is 25.7 Å². The fraction of sp³-hybridized carbons (Fsp3) is 0.611. The summed E-state index contributed by atoms with van der Waals surface area (Å²) in [4.78, 5) is 14.4. The fourth-order valence-electron chi connectivity index (χ4n) is 3.08. The minimum atomic E-state index is -3.32. The first-order chi connectivity index (χ1) is 11.4. The molecule has 4 nitrogen and oxygen atoms in total. The number of ketones is 1. The third-order valence-electron chi connectivity index (χ3n) is 4.71. The van der Waals surface area contributed by atoms with Crippen LogP contribution in [0.3, 0.4) is 0 Å². The minimum Gasteiger partial charge on any atom is -0.305 e. The molecule has 1 saturated carbocycles. The zero-order chi connectivity index (χ0) is 17.6. The summed E-state index contributed by atoms with van der Waals surface area (Å²) in [5, 5.41) is 0.521. The SMILES string of the molecule is CN(CCC(=O)C1CCCCC1)CCS(=O)(=O)c1ccc(Cl)cc1. The maximum Gasteiger partial charge on any atom is 0.179 e. The molecule has 1 aliphatic carbocycles. The van der Waals surface area contributed by atoms with Crippen molar-refractivity contribution in [2.75, 3.05) is 25.9 Å². The van der Waals surface area contributed by atoms with Crippen LogP contribution in [0.25, 0.3) is 0 Å².